The van der Waals surface area contributed by atoms with Crippen LogP contribution >= 0.6 is 0 Å². The molecule has 1 fully saturated rings. The summed E-state index contributed by atoms with van der Waals surface area (Å²) in [4.78, 5) is 33.9. The normalized spacial score (nSPS) is 18.7. The van der Waals surface area contributed by atoms with Crippen LogP contribution in [0.1, 0.15) is 160 Å². The molecule has 1 aliphatic heterocycles. The number of unbranched alkanes of at least 4 members (excludes halogenated alkanes) is 1. The van der Waals surface area contributed by atoms with E-state index in [1.54, 1.807) is 31.2 Å². The second-order valence-electron chi connectivity index (χ2n) is 14.4. The first kappa shape index (κ1) is 57.1. The van der Waals surface area contributed by atoms with Crippen LogP contribution in [-0.2, 0) is 14.3 Å². The number of carbonyl (C=O) groups excluding carboxylic acids is 2. The van der Waals surface area contributed by atoms with Gasteiger partial charge in [0.25, 0.3) is 0 Å². The van der Waals surface area contributed by atoms with E-state index in [0.29, 0.717) is 11.3 Å². The molecule has 6 heteroatoms. The van der Waals surface area contributed by atoms with Crippen molar-refractivity contribution >= 4 is 23.2 Å². The predicted octanol–water partition coefficient (Wildman–Crippen LogP) is 14.1. The summed E-state index contributed by atoms with van der Waals surface area (Å²) in [6, 6.07) is 0. The molecule has 1 heterocycles. The zero-order chi connectivity index (χ0) is 44.2. The van der Waals surface area contributed by atoms with E-state index in [1.807, 2.05) is 98.7 Å². The first-order chi connectivity index (χ1) is 27.2. The second kappa shape index (κ2) is 37.3. The molecule has 57 heavy (non-hydrogen) atoms. The van der Waals surface area contributed by atoms with Crippen molar-refractivity contribution in [2.45, 2.75) is 160 Å². The number of amidine groups is 2. The molecule has 0 aromatic heterocycles. The molecule has 1 saturated carbocycles. The maximum absolute atomic E-state index is 12.2. The summed E-state index contributed by atoms with van der Waals surface area (Å²) >= 11 is 0. The molecule has 0 spiro atoms. The van der Waals surface area contributed by atoms with Crippen molar-refractivity contribution in [2.75, 3.05) is 20.7 Å². The minimum Gasteiger partial charge on any atom is -0.486 e. The van der Waals surface area contributed by atoms with E-state index < -0.39 is 0 Å². The summed E-state index contributed by atoms with van der Waals surface area (Å²) in [5.41, 5.74) is 4.49. The number of hydrogen-bond acceptors (Lipinski definition) is 6. The predicted molar refractivity (Wildman–Crippen MR) is 253 cm³/mol. The molecule has 0 aromatic carbocycles. The van der Waals surface area contributed by atoms with Crippen molar-refractivity contribution < 1.29 is 14.3 Å². The van der Waals surface area contributed by atoms with E-state index in [1.165, 1.54) is 64.7 Å². The Morgan fingerprint density at radius 2 is 1.56 bits per heavy atom. The summed E-state index contributed by atoms with van der Waals surface area (Å²) in [6.45, 7) is 31.1. The van der Waals surface area contributed by atoms with Crippen molar-refractivity contribution in [3.05, 3.63) is 95.5 Å². The maximum atomic E-state index is 12.2. The molecule has 0 N–H and O–H groups in total. The number of nitrogens with zero attached hydrogens (tertiary/aromatic N) is 3. The summed E-state index contributed by atoms with van der Waals surface area (Å²) in [6.07, 6.45) is 35.3. The molecule has 3 aliphatic rings. The number of aliphatic imine (C=N–C) groups is 2. The second-order valence-corrected chi connectivity index (χ2v) is 14.4. The summed E-state index contributed by atoms with van der Waals surface area (Å²) in [7, 11) is 3.95. The van der Waals surface area contributed by atoms with Crippen LogP contribution in [0.15, 0.2) is 105 Å². The quantitative estimate of drug-likeness (QED) is 0.0905. The van der Waals surface area contributed by atoms with Crippen molar-refractivity contribution in [1.82, 2.24) is 4.90 Å². The fourth-order valence-corrected chi connectivity index (χ4v) is 5.88. The van der Waals surface area contributed by atoms with Crippen molar-refractivity contribution in [2.24, 2.45) is 21.8 Å². The van der Waals surface area contributed by atoms with Gasteiger partial charge in [0.15, 0.2) is 11.6 Å². The van der Waals surface area contributed by atoms with Crippen LogP contribution in [0.4, 0.5) is 0 Å². The average Bonchev–Trinajstić information content (AvgIpc) is 3.42. The van der Waals surface area contributed by atoms with Gasteiger partial charge in [-0.3, -0.25) is 9.59 Å². The molecule has 0 bridgehead atoms. The van der Waals surface area contributed by atoms with Gasteiger partial charge in [0.2, 0.25) is 0 Å². The number of ether oxygens (including phenoxy) is 1. The minimum absolute atomic E-state index is 0.0306. The van der Waals surface area contributed by atoms with Crippen LogP contribution in [0.25, 0.3) is 0 Å². The van der Waals surface area contributed by atoms with E-state index in [9.17, 15) is 9.59 Å². The molecule has 0 aromatic rings. The van der Waals surface area contributed by atoms with E-state index in [-0.39, 0.29) is 18.2 Å². The van der Waals surface area contributed by atoms with E-state index >= 15 is 0 Å². The van der Waals surface area contributed by atoms with Crippen molar-refractivity contribution in [1.29, 1.82) is 0 Å². The highest BCUT2D eigenvalue weighted by atomic mass is 16.5. The highest BCUT2D eigenvalue weighted by molar-refractivity contribution is 6.10. The topological polar surface area (TPSA) is 71.3 Å². The fourth-order valence-electron chi connectivity index (χ4n) is 5.88. The molecule has 3 rings (SSSR count). The Hall–Kier alpha value is -4.24. The van der Waals surface area contributed by atoms with Gasteiger partial charge < -0.3 is 9.64 Å². The number of carbonyl (C=O) groups is 2. The van der Waals surface area contributed by atoms with Crippen molar-refractivity contribution in [3.63, 3.8) is 0 Å². The van der Waals surface area contributed by atoms with Gasteiger partial charge in [0, 0.05) is 26.1 Å². The fraction of sp³-hybridized carbons (Fsp3) is 0.569. The molecule has 2 aliphatic carbocycles. The highest BCUT2D eigenvalue weighted by Gasteiger charge is 2.20. The molecular formula is C51H83N3O3. The van der Waals surface area contributed by atoms with E-state index in [0.717, 1.165) is 65.2 Å². The van der Waals surface area contributed by atoms with E-state index in [4.69, 9.17) is 4.74 Å². The molecule has 6 nitrogen and oxygen atoms in total. The molecule has 320 valence electrons. The average molecular weight is 786 g/mol. The number of allylic oxidation sites excluding steroid dienone is 12. The SMILES string of the molecule is C#CC.C/C=C(\C=C/C1=CCCC(C)=C(C)C1=O)OCC(C)=O.C/C=C\C.C=C/C=C1/N=C(C)N=C(N(C)C)CC1=C.CC.CCCCC1CCC(CCC)CC1. The van der Waals surface area contributed by atoms with Crippen LogP contribution in [0.2, 0.25) is 0 Å². The lowest BCUT2D eigenvalue weighted by molar-refractivity contribution is -0.120. The van der Waals surface area contributed by atoms with Gasteiger partial charge in [-0.2, -0.15) is 0 Å². The first-order valence-electron chi connectivity index (χ1n) is 21.3. The third-order valence-corrected chi connectivity index (χ3v) is 9.34. The Balaban J connectivity index is -0.000000705. The summed E-state index contributed by atoms with van der Waals surface area (Å²) < 4.78 is 5.33. The summed E-state index contributed by atoms with van der Waals surface area (Å²) in [5.74, 6) is 6.79. The molecule has 0 radical (unpaired) electrons. The number of terminal acetylenes is 1. The van der Waals surface area contributed by atoms with Crippen LogP contribution in [-0.4, -0.2) is 48.8 Å². The Morgan fingerprint density at radius 3 is 2.02 bits per heavy atom. The Bertz CT molecular complexity index is 1460. The zero-order valence-electron chi connectivity index (χ0n) is 39.0. The van der Waals surface area contributed by atoms with Crippen LogP contribution in [0.3, 0.4) is 0 Å². The molecular weight excluding hydrogens is 703 g/mol. The van der Waals surface area contributed by atoms with Crippen molar-refractivity contribution in [3.8, 4) is 12.3 Å². The van der Waals surface area contributed by atoms with Gasteiger partial charge >= 0.3 is 0 Å². The number of rotatable bonds is 11. The first-order valence-corrected chi connectivity index (χ1v) is 21.3. The Labute approximate surface area is 351 Å². The highest BCUT2D eigenvalue weighted by Crippen LogP contribution is 2.34. The lowest BCUT2D eigenvalue weighted by atomic mass is 9.78. The Morgan fingerprint density at radius 1 is 1.00 bits per heavy atom. The smallest absolute Gasteiger partial charge is 0.188 e. The number of ketones is 2. The number of Topliss-reactive ketones (excluding diaryl/α,β-unsaturated/α-hetero) is 2. The third kappa shape index (κ3) is 28.8. The zero-order valence-corrected chi connectivity index (χ0v) is 39.0. The molecule has 0 saturated heterocycles. The Kier molecular flexibility index (Phi) is 37.4. The molecule has 0 unspecified atom stereocenters. The molecule has 0 atom stereocenters. The maximum Gasteiger partial charge on any atom is 0.188 e. The largest absolute Gasteiger partial charge is 0.486 e. The van der Waals surface area contributed by atoms with Gasteiger partial charge in [-0.05, 0) is 116 Å². The standard InChI is InChI=1S/C17H22O3.C13H26.C12H17N3.C4H8.C3H4.C2H6/c1-5-16(20-11-13(3)18)10-9-15-8-6-7-12(2)14(4)17(15)19;1-3-5-7-13-10-8-12(6-4-2)9-11-13;1-6-7-11-9(2)8-12(15(4)5)14-10(3)13-11;1-3-4-2;1-3-2;1-2/h5,8-10H,6-7,11H2,1-4H3;12-13H,3-11H2,1-2H3;6-7H,1-2,8H2,3-5H3;3-4H,1-2H3;1H,2H3;1-2H3/b10-9-,16-5+;;11-7+;4-3-;;. The van der Waals surface area contributed by atoms with Gasteiger partial charge in [-0.25, -0.2) is 9.98 Å². The van der Waals surface area contributed by atoms with Crippen LogP contribution in [0, 0.1) is 24.2 Å². The van der Waals surface area contributed by atoms with Gasteiger partial charge in [0.1, 0.15) is 24.0 Å². The lowest BCUT2D eigenvalue weighted by Gasteiger charge is -2.28. The lowest BCUT2D eigenvalue weighted by Crippen LogP contribution is -2.22. The van der Waals surface area contributed by atoms with E-state index in [2.05, 4.69) is 49.3 Å². The molecule has 0 amide bonds. The van der Waals surface area contributed by atoms with Crippen LogP contribution < -0.4 is 0 Å². The monoisotopic (exact) mass is 786 g/mol. The van der Waals surface area contributed by atoms with Gasteiger partial charge in [-0.15, -0.1) is 12.3 Å². The minimum atomic E-state index is -0.0306. The van der Waals surface area contributed by atoms with Crippen LogP contribution in [0.5, 0.6) is 0 Å². The van der Waals surface area contributed by atoms with Gasteiger partial charge in [0.05, 0.1) is 5.70 Å². The summed E-state index contributed by atoms with van der Waals surface area (Å²) in [5, 5.41) is 0. The van der Waals surface area contributed by atoms with Gasteiger partial charge in [-0.1, -0.05) is 129 Å². The number of hydrogen-bond donors (Lipinski definition) is 0. The third-order valence-electron chi connectivity index (χ3n) is 9.34.